The van der Waals surface area contributed by atoms with Crippen molar-refractivity contribution in [3.8, 4) is 10.4 Å². The highest BCUT2D eigenvalue weighted by atomic mass is 79.9. The van der Waals surface area contributed by atoms with Crippen LogP contribution >= 0.6 is 27.3 Å². The van der Waals surface area contributed by atoms with E-state index in [9.17, 15) is 4.79 Å². The molecule has 0 fully saturated rings. The van der Waals surface area contributed by atoms with Crippen molar-refractivity contribution in [1.82, 2.24) is 10.3 Å². The minimum Gasteiger partial charge on any atom is -0.348 e. The summed E-state index contributed by atoms with van der Waals surface area (Å²) < 4.78 is 0.790. The standard InChI is InChI=1S/C17H13BrN2OS/c18-15-5-2-1-4-14(15)17(21)20-10-12-8-13(11-19-9-12)16-6-3-7-22-16/h1-9,11H,10H2,(H,20,21). The maximum absolute atomic E-state index is 12.2. The van der Waals surface area contributed by atoms with Crippen LogP contribution in [0.15, 0.2) is 64.7 Å². The molecular weight excluding hydrogens is 360 g/mol. The Kier molecular flexibility index (Phi) is 4.65. The summed E-state index contributed by atoms with van der Waals surface area (Å²) in [5, 5.41) is 4.96. The van der Waals surface area contributed by atoms with Gasteiger partial charge in [-0.15, -0.1) is 11.3 Å². The van der Waals surface area contributed by atoms with Crippen LogP contribution < -0.4 is 5.32 Å². The van der Waals surface area contributed by atoms with Crippen molar-refractivity contribution in [2.24, 2.45) is 0 Å². The third-order valence-corrected chi connectivity index (χ3v) is 4.78. The van der Waals surface area contributed by atoms with Crippen LogP contribution in [0.4, 0.5) is 0 Å². The van der Waals surface area contributed by atoms with Gasteiger partial charge in [0.15, 0.2) is 0 Å². The van der Waals surface area contributed by atoms with Crippen LogP contribution in [-0.2, 0) is 6.54 Å². The Balaban J connectivity index is 1.71. The molecule has 0 aliphatic carbocycles. The number of hydrogen-bond acceptors (Lipinski definition) is 3. The Labute approximate surface area is 141 Å². The molecule has 0 radical (unpaired) electrons. The Morgan fingerprint density at radius 2 is 2.05 bits per heavy atom. The minimum absolute atomic E-state index is 0.103. The quantitative estimate of drug-likeness (QED) is 0.732. The second-order valence-corrected chi connectivity index (χ2v) is 6.52. The van der Waals surface area contributed by atoms with Crippen molar-refractivity contribution >= 4 is 33.2 Å². The van der Waals surface area contributed by atoms with Gasteiger partial charge in [0.25, 0.3) is 5.91 Å². The second-order valence-electron chi connectivity index (χ2n) is 4.72. The number of rotatable bonds is 4. The first-order chi connectivity index (χ1) is 10.7. The number of carbonyl (C=O) groups is 1. The van der Waals surface area contributed by atoms with E-state index < -0.39 is 0 Å². The molecule has 3 rings (SSSR count). The van der Waals surface area contributed by atoms with Gasteiger partial charge in [-0.2, -0.15) is 0 Å². The summed E-state index contributed by atoms with van der Waals surface area (Å²) in [5.74, 6) is -0.103. The molecule has 3 aromatic rings. The van der Waals surface area contributed by atoms with E-state index >= 15 is 0 Å². The van der Waals surface area contributed by atoms with E-state index in [1.165, 1.54) is 4.88 Å². The fourth-order valence-electron chi connectivity index (χ4n) is 2.08. The molecule has 1 aromatic carbocycles. The first-order valence-electron chi connectivity index (χ1n) is 6.74. The highest BCUT2D eigenvalue weighted by Gasteiger charge is 2.09. The van der Waals surface area contributed by atoms with Gasteiger partial charge in [-0.25, -0.2) is 0 Å². The van der Waals surface area contributed by atoms with Crippen molar-refractivity contribution in [1.29, 1.82) is 0 Å². The number of pyridine rings is 1. The Morgan fingerprint density at radius 3 is 2.82 bits per heavy atom. The molecule has 2 aromatic heterocycles. The van der Waals surface area contributed by atoms with Gasteiger partial charge in [0.1, 0.15) is 0 Å². The van der Waals surface area contributed by atoms with Crippen LogP contribution in [0.25, 0.3) is 10.4 Å². The minimum atomic E-state index is -0.103. The normalized spacial score (nSPS) is 10.4. The zero-order valence-electron chi connectivity index (χ0n) is 11.6. The lowest BCUT2D eigenvalue weighted by Gasteiger charge is -2.07. The van der Waals surface area contributed by atoms with Crippen LogP contribution in [-0.4, -0.2) is 10.9 Å². The molecule has 0 unspecified atom stereocenters. The molecule has 3 nitrogen and oxygen atoms in total. The Hall–Kier alpha value is -1.98. The molecule has 1 N–H and O–H groups in total. The number of carbonyl (C=O) groups excluding carboxylic acids is 1. The van der Waals surface area contributed by atoms with Crippen LogP contribution in [0.5, 0.6) is 0 Å². The molecule has 1 amide bonds. The van der Waals surface area contributed by atoms with E-state index in [-0.39, 0.29) is 5.91 Å². The molecule has 2 heterocycles. The van der Waals surface area contributed by atoms with Gasteiger partial charge in [-0.3, -0.25) is 9.78 Å². The SMILES string of the molecule is O=C(NCc1cncc(-c2cccs2)c1)c1ccccc1Br. The van der Waals surface area contributed by atoms with Gasteiger partial charge in [-0.1, -0.05) is 18.2 Å². The third-order valence-electron chi connectivity index (χ3n) is 3.17. The second kappa shape index (κ2) is 6.85. The zero-order valence-corrected chi connectivity index (χ0v) is 14.0. The zero-order chi connectivity index (χ0) is 15.4. The molecular formula is C17H13BrN2OS. The van der Waals surface area contributed by atoms with Gasteiger partial charge in [0, 0.05) is 33.9 Å². The number of hydrogen-bond donors (Lipinski definition) is 1. The number of halogens is 1. The van der Waals surface area contributed by atoms with Crippen LogP contribution in [0.2, 0.25) is 0 Å². The van der Waals surface area contributed by atoms with E-state index in [4.69, 9.17) is 0 Å². The van der Waals surface area contributed by atoms with E-state index in [0.29, 0.717) is 12.1 Å². The third kappa shape index (κ3) is 3.43. The smallest absolute Gasteiger partial charge is 0.252 e. The average Bonchev–Trinajstić information content (AvgIpc) is 3.08. The predicted octanol–water partition coefficient (Wildman–Crippen LogP) is 4.50. The van der Waals surface area contributed by atoms with E-state index in [2.05, 4.69) is 38.4 Å². The van der Waals surface area contributed by atoms with Gasteiger partial charge in [-0.05, 0) is 51.1 Å². The van der Waals surface area contributed by atoms with Gasteiger partial charge >= 0.3 is 0 Å². The lowest BCUT2D eigenvalue weighted by molar-refractivity contribution is 0.0950. The van der Waals surface area contributed by atoms with Crippen LogP contribution in [0, 0.1) is 0 Å². The number of amides is 1. The predicted molar refractivity (Wildman–Crippen MR) is 92.9 cm³/mol. The summed E-state index contributed by atoms with van der Waals surface area (Å²) in [4.78, 5) is 17.6. The summed E-state index contributed by atoms with van der Waals surface area (Å²) in [5.41, 5.74) is 2.68. The topological polar surface area (TPSA) is 42.0 Å². The largest absolute Gasteiger partial charge is 0.348 e. The van der Waals surface area contributed by atoms with Crippen molar-refractivity contribution in [3.05, 3.63) is 75.8 Å². The number of thiophene rings is 1. The van der Waals surface area contributed by atoms with Crippen molar-refractivity contribution < 1.29 is 4.79 Å². The molecule has 0 aliphatic heterocycles. The highest BCUT2D eigenvalue weighted by Crippen LogP contribution is 2.24. The van der Waals surface area contributed by atoms with Crippen LogP contribution in [0.1, 0.15) is 15.9 Å². The first kappa shape index (κ1) is 14.9. The average molecular weight is 373 g/mol. The molecule has 22 heavy (non-hydrogen) atoms. The highest BCUT2D eigenvalue weighted by molar-refractivity contribution is 9.10. The summed E-state index contributed by atoms with van der Waals surface area (Å²) in [6, 6.07) is 13.5. The lowest BCUT2D eigenvalue weighted by atomic mass is 10.1. The van der Waals surface area contributed by atoms with Crippen molar-refractivity contribution in [3.63, 3.8) is 0 Å². The Bertz CT molecular complexity index is 787. The maximum Gasteiger partial charge on any atom is 0.252 e. The first-order valence-corrected chi connectivity index (χ1v) is 8.42. The van der Waals surface area contributed by atoms with E-state index in [0.717, 1.165) is 15.6 Å². The summed E-state index contributed by atoms with van der Waals surface area (Å²) in [6.45, 7) is 0.451. The van der Waals surface area contributed by atoms with E-state index in [1.54, 1.807) is 23.6 Å². The molecule has 0 bridgehead atoms. The van der Waals surface area contributed by atoms with Crippen molar-refractivity contribution in [2.45, 2.75) is 6.54 Å². The fraction of sp³-hybridized carbons (Fsp3) is 0.0588. The van der Waals surface area contributed by atoms with Crippen LogP contribution in [0.3, 0.4) is 0 Å². The molecule has 5 heteroatoms. The van der Waals surface area contributed by atoms with Gasteiger partial charge < -0.3 is 5.32 Å². The number of nitrogens with one attached hydrogen (secondary N) is 1. The Morgan fingerprint density at radius 1 is 1.18 bits per heavy atom. The molecule has 0 saturated carbocycles. The molecule has 110 valence electrons. The molecule has 0 spiro atoms. The van der Waals surface area contributed by atoms with E-state index in [1.807, 2.05) is 35.8 Å². The number of benzene rings is 1. The van der Waals surface area contributed by atoms with Gasteiger partial charge in [0.05, 0.1) is 5.56 Å². The lowest BCUT2D eigenvalue weighted by Crippen LogP contribution is -2.23. The molecule has 0 aliphatic rings. The fourth-order valence-corrected chi connectivity index (χ4v) is 3.26. The van der Waals surface area contributed by atoms with Gasteiger partial charge in [0.2, 0.25) is 0 Å². The number of aromatic nitrogens is 1. The molecule has 0 atom stereocenters. The summed E-state index contributed by atoms with van der Waals surface area (Å²) >= 11 is 5.06. The summed E-state index contributed by atoms with van der Waals surface area (Å²) in [7, 11) is 0. The number of nitrogens with zero attached hydrogens (tertiary/aromatic N) is 1. The monoisotopic (exact) mass is 372 g/mol. The van der Waals surface area contributed by atoms with Crippen molar-refractivity contribution in [2.75, 3.05) is 0 Å². The molecule has 0 saturated heterocycles. The maximum atomic E-state index is 12.2. The summed E-state index contributed by atoms with van der Waals surface area (Å²) in [6.07, 6.45) is 3.61.